The summed E-state index contributed by atoms with van der Waals surface area (Å²) in [6.45, 7) is 0. The molecule has 29 heavy (non-hydrogen) atoms. The Balaban J connectivity index is 1.51. The van der Waals surface area contributed by atoms with Gasteiger partial charge in [-0.1, -0.05) is 24.3 Å². The highest BCUT2D eigenvalue weighted by Gasteiger charge is 2.29. The summed E-state index contributed by atoms with van der Waals surface area (Å²) in [4.78, 5) is 12.5. The van der Waals surface area contributed by atoms with Crippen molar-refractivity contribution in [2.75, 3.05) is 0 Å². The predicted octanol–water partition coefficient (Wildman–Crippen LogP) is 3.03. The second kappa shape index (κ2) is 6.52. The van der Waals surface area contributed by atoms with Crippen molar-refractivity contribution in [3.8, 4) is 22.8 Å². The van der Waals surface area contributed by atoms with Crippen molar-refractivity contribution < 1.29 is 14.6 Å². The molecule has 5 rings (SSSR count). The lowest BCUT2D eigenvalue weighted by Crippen LogP contribution is -2.15. The molecule has 3 heterocycles. The Bertz CT molecular complexity index is 1320. The van der Waals surface area contributed by atoms with Crippen LogP contribution in [-0.4, -0.2) is 26.1 Å². The maximum absolute atomic E-state index is 12.5. The number of aromatic amines is 1. The van der Waals surface area contributed by atoms with Gasteiger partial charge in [0, 0.05) is 17.5 Å². The highest BCUT2D eigenvalue weighted by atomic mass is 16.4. The minimum absolute atomic E-state index is 0.0475. The van der Waals surface area contributed by atoms with Crippen LogP contribution in [0.2, 0.25) is 0 Å². The summed E-state index contributed by atoms with van der Waals surface area (Å²) >= 11 is 0. The standard InChI is InChI=1S/C21H16N4O4/c26-16-7-3-1-5-11(16)19-13(10-22-25-19)14-9-15(24-23-14)18-20(27)12-6-2-4-8-17(12)29-21(18)28/h1-8,10,14,23,26-27H,9H2,(H,22,25). The average Bonchev–Trinajstić information content (AvgIpc) is 3.38. The minimum Gasteiger partial charge on any atom is -0.507 e. The molecule has 0 saturated carbocycles. The summed E-state index contributed by atoms with van der Waals surface area (Å²) in [5, 5.41) is 32.6. The topological polar surface area (TPSA) is 124 Å². The van der Waals surface area contributed by atoms with Crippen molar-refractivity contribution in [2.45, 2.75) is 12.5 Å². The molecule has 1 aliphatic heterocycles. The molecule has 8 heteroatoms. The number of nitrogens with one attached hydrogen (secondary N) is 2. The van der Waals surface area contributed by atoms with Gasteiger partial charge in [-0.05, 0) is 24.3 Å². The third-order valence-electron chi connectivity index (χ3n) is 5.04. The van der Waals surface area contributed by atoms with Gasteiger partial charge in [0.05, 0.1) is 29.0 Å². The van der Waals surface area contributed by atoms with Gasteiger partial charge in [0.25, 0.3) is 0 Å². The molecule has 0 radical (unpaired) electrons. The van der Waals surface area contributed by atoms with E-state index < -0.39 is 5.63 Å². The predicted molar refractivity (Wildman–Crippen MR) is 107 cm³/mol. The van der Waals surface area contributed by atoms with Gasteiger partial charge in [-0.3, -0.25) is 5.10 Å². The van der Waals surface area contributed by atoms with Gasteiger partial charge in [0.1, 0.15) is 22.6 Å². The van der Waals surface area contributed by atoms with Gasteiger partial charge in [-0.2, -0.15) is 10.2 Å². The number of para-hydroxylation sites is 2. The highest BCUT2D eigenvalue weighted by Crippen LogP contribution is 2.36. The van der Waals surface area contributed by atoms with Crippen molar-refractivity contribution in [3.05, 3.63) is 76.3 Å². The fourth-order valence-electron chi connectivity index (χ4n) is 3.63. The Kier molecular flexibility index (Phi) is 3.83. The molecule has 4 N–H and O–H groups in total. The number of benzene rings is 2. The summed E-state index contributed by atoms with van der Waals surface area (Å²) in [5.74, 6) is -0.0175. The zero-order chi connectivity index (χ0) is 20.0. The fraction of sp³-hybridized carbons (Fsp3) is 0.0952. The van der Waals surface area contributed by atoms with Gasteiger partial charge in [-0.15, -0.1) is 0 Å². The van der Waals surface area contributed by atoms with Crippen LogP contribution >= 0.6 is 0 Å². The number of aromatic hydroxyl groups is 2. The van der Waals surface area contributed by atoms with Crippen molar-refractivity contribution >= 4 is 16.7 Å². The van der Waals surface area contributed by atoms with Gasteiger partial charge in [-0.25, -0.2) is 4.79 Å². The number of hydrazone groups is 1. The number of phenolic OH excluding ortho intramolecular Hbond substituents is 1. The first-order valence-corrected chi connectivity index (χ1v) is 9.02. The Morgan fingerprint density at radius 3 is 2.72 bits per heavy atom. The van der Waals surface area contributed by atoms with E-state index >= 15 is 0 Å². The summed E-state index contributed by atoms with van der Waals surface area (Å²) in [5.41, 5.74) is 5.18. The Morgan fingerprint density at radius 2 is 1.86 bits per heavy atom. The maximum atomic E-state index is 12.5. The first-order chi connectivity index (χ1) is 14.1. The van der Waals surface area contributed by atoms with E-state index in [0.29, 0.717) is 34.4 Å². The zero-order valence-corrected chi connectivity index (χ0v) is 15.1. The molecule has 8 nitrogen and oxygen atoms in total. The first-order valence-electron chi connectivity index (χ1n) is 9.02. The van der Waals surface area contributed by atoms with E-state index in [1.807, 2.05) is 6.07 Å². The molecule has 4 aromatic rings. The van der Waals surface area contributed by atoms with Crippen molar-refractivity contribution in [3.63, 3.8) is 0 Å². The third-order valence-corrected chi connectivity index (χ3v) is 5.04. The van der Waals surface area contributed by atoms with E-state index in [1.54, 1.807) is 48.7 Å². The number of hydrogen-bond acceptors (Lipinski definition) is 7. The summed E-state index contributed by atoms with van der Waals surface area (Å²) in [6.07, 6.45) is 2.00. The average molecular weight is 388 g/mol. The molecular weight excluding hydrogens is 372 g/mol. The van der Waals surface area contributed by atoms with Crippen LogP contribution < -0.4 is 11.1 Å². The molecule has 0 spiro atoms. The molecule has 1 aliphatic rings. The Morgan fingerprint density at radius 1 is 1.07 bits per heavy atom. The number of hydrogen-bond donors (Lipinski definition) is 4. The number of nitrogens with zero attached hydrogens (tertiary/aromatic N) is 2. The van der Waals surface area contributed by atoms with E-state index in [2.05, 4.69) is 20.7 Å². The van der Waals surface area contributed by atoms with Crippen LogP contribution in [0.3, 0.4) is 0 Å². The van der Waals surface area contributed by atoms with E-state index in [0.717, 1.165) is 5.56 Å². The van der Waals surface area contributed by atoms with Crippen molar-refractivity contribution in [1.82, 2.24) is 15.6 Å². The van der Waals surface area contributed by atoms with Crippen LogP contribution in [0.15, 0.2) is 69.0 Å². The number of H-pyrrole nitrogens is 1. The molecule has 1 atom stereocenters. The zero-order valence-electron chi connectivity index (χ0n) is 15.1. The van der Waals surface area contributed by atoms with Crippen LogP contribution in [0.1, 0.15) is 23.6 Å². The lowest BCUT2D eigenvalue weighted by atomic mass is 9.96. The SMILES string of the molecule is O=c1oc2ccccc2c(O)c1C1=NNC(c2cn[nH]c2-c2ccccc2O)C1. The van der Waals surface area contributed by atoms with E-state index in [9.17, 15) is 15.0 Å². The van der Waals surface area contributed by atoms with E-state index in [4.69, 9.17) is 4.42 Å². The molecule has 144 valence electrons. The number of rotatable bonds is 3. The van der Waals surface area contributed by atoms with Crippen LogP contribution in [0.25, 0.3) is 22.2 Å². The Hall–Kier alpha value is -4.07. The summed E-state index contributed by atoms with van der Waals surface area (Å²) in [6, 6.07) is 13.5. The summed E-state index contributed by atoms with van der Waals surface area (Å²) < 4.78 is 5.35. The molecule has 0 bridgehead atoms. The lowest BCUT2D eigenvalue weighted by molar-refractivity contribution is 0.466. The lowest BCUT2D eigenvalue weighted by Gasteiger charge is -2.11. The molecule has 2 aromatic carbocycles. The largest absolute Gasteiger partial charge is 0.507 e. The smallest absolute Gasteiger partial charge is 0.349 e. The van der Waals surface area contributed by atoms with Gasteiger partial charge >= 0.3 is 5.63 Å². The number of aromatic nitrogens is 2. The van der Waals surface area contributed by atoms with Gasteiger partial charge in [0.2, 0.25) is 0 Å². The van der Waals surface area contributed by atoms with Crippen LogP contribution in [0.5, 0.6) is 11.5 Å². The molecule has 0 amide bonds. The molecular formula is C21H16N4O4. The van der Waals surface area contributed by atoms with Gasteiger partial charge in [0.15, 0.2) is 0 Å². The van der Waals surface area contributed by atoms with E-state index in [1.165, 1.54) is 0 Å². The molecule has 2 aromatic heterocycles. The van der Waals surface area contributed by atoms with Crippen LogP contribution in [-0.2, 0) is 0 Å². The quantitative estimate of drug-likeness (QED) is 0.400. The maximum Gasteiger partial charge on any atom is 0.349 e. The second-order valence-corrected chi connectivity index (χ2v) is 6.77. The van der Waals surface area contributed by atoms with Crippen molar-refractivity contribution in [2.24, 2.45) is 5.10 Å². The first kappa shape index (κ1) is 17.1. The highest BCUT2D eigenvalue weighted by molar-refractivity contribution is 6.06. The van der Waals surface area contributed by atoms with Gasteiger partial charge < -0.3 is 20.1 Å². The molecule has 0 fully saturated rings. The van der Waals surface area contributed by atoms with E-state index in [-0.39, 0.29) is 23.1 Å². The molecule has 0 aliphatic carbocycles. The van der Waals surface area contributed by atoms with Crippen LogP contribution in [0.4, 0.5) is 0 Å². The number of phenols is 1. The van der Waals surface area contributed by atoms with Crippen molar-refractivity contribution in [1.29, 1.82) is 0 Å². The monoisotopic (exact) mass is 388 g/mol. The third kappa shape index (κ3) is 2.73. The molecule has 1 unspecified atom stereocenters. The minimum atomic E-state index is -0.643. The Labute approximate surface area is 164 Å². The molecule has 0 saturated heterocycles. The second-order valence-electron chi connectivity index (χ2n) is 6.77. The normalized spacial score (nSPS) is 16.0. The van der Waals surface area contributed by atoms with Crippen LogP contribution in [0, 0.1) is 0 Å². The number of fused-ring (bicyclic) bond motifs is 1. The summed E-state index contributed by atoms with van der Waals surface area (Å²) in [7, 11) is 0. The fourth-order valence-corrected chi connectivity index (χ4v) is 3.63.